The van der Waals surface area contributed by atoms with Gasteiger partial charge in [-0.2, -0.15) is 0 Å². The lowest BCUT2D eigenvalue weighted by Crippen LogP contribution is -2.27. The van der Waals surface area contributed by atoms with Crippen LogP contribution in [0.4, 0.5) is 5.69 Å². The van der Waals surface area contributed by atoms with Gasteiger partial charge < -0.3 is 10.6 Å². The van der Waals surface area contributed by atoms with Gasteiger partial charge in [0.1, 0.15) is 0 Å². The minimum atomic E-state index is 0.154. The van der Waals surface area contributed by atoms with Crippen molar-refractivity contribution in [1.29, 1.82) is 0 Å². The number of hydrogen-bond donors (Lipinski definition) is 1. The second-order valence-corrected chi connectivity index (χ2v) is 7.02. The number of benzene rings is 1. The van der Waals surface area contributed by atoms with Crippen LogP contribution in [0, 0.1) is 5.92 Å². The Labute approximate surface area is 162 Å². The highest BCUT2D eigenvalue weighted by molar-refractivity contribution is 5.98. The zero-order valence-corrected chi connectivity index (χ0v) is 16.5. The molecule has 1 aromatic rings. The summed E-state index contributed by atoms with van der Waals surface area (Å²) in [7, 11) is 0. The fraction of sp³-hybridized carbons (Fsp3) is 0.500. The van der Waals surface area contributed by atoms with E-state index in [1.165, 1.54) is 5.71 Å². The van der Waals surface area contributed by atoms with Crippen LogP contribution >= 0.6 is 0 Å². The van der Waals surface area contributed by atoms with Gasteiger partial charge in [-0.25, -0.2) is 0 Å². The zero-order chi connectivity index (χ0) is 19.6. The summed E-state index contributed by atoms with van der Waals surface area (Å²) in [6.07, 6.45) is 11.4. The summed E-state index contributed by atoms with van der Waals surface area (Å²) in [6.45, 7) is 6.20. The Bertz CT molecular complexity index is 704. The van der Waals surface area contributed by atoms with Crippen LogP contribution in [0.15, 0.2) is 29.3 Å². The Morgan fingerprint density at radius 3 is 2.59 bits per heavy atom. The van der Waals surface area contributed by atoms with E-state index in [9.17, 15) is 4.79 Å². The Morgan fingerprint density at radius 2 is 1.96 bits per heavy atom. The third-order valence-electron chi connectivity index (χ3n) is 4.98. The Morgan fingerprint density at radius 1 is 1.26 bits per heavy atom. The molecule has 1 atom stereocenters. The van der Waals surface area contributed by atoms with Crippen molar-refractivity contribution in [3.8, 4) is 0 Å². The van der Waals surface area contributed by atoms with Gasteiger partial charge >= 0.3 is 0 Å². The van der Waals surface area contributed by atoms with E-state index in [1.807, 2.05) is 17.0 Å². The first-order chi connectivity index (χ1) is 13.1. The lowest BCUT2D eigenvalue weighted by Gasteiger charge is -2.16. The molecule has 2 amide bonds. The summed E-state index contributed by atoms with van der Waals surface area (Å²) in [5.74, 6) is 0.584. The normalized spacial score (nSPS) is 18.1. The minimum absolute atomic E-state index is 0.154. The Balaban J connectivity index is 0.000000817. The molecule has 3 rings (SSSR count). The molecule has 2 heterocycles. The molecule has 146 valence electrons. The van der Waals surface area contributed by atoms with Crippen molar-refractivity contribution in [2.45, 2.75) is 52.4 Å². The van der Waals surface area contributed by atoms with Gasteiger partial charge in [0.25, 0.3) is 5.91 Å². The van der Waals surface area contributed by atoms with Gasteiger partial charge in [0, 0.05) is 30.3 Å². The van der Waals surface area contributed by atoms with Crippen molar-refractivity contribution < 1.29 is 9.59 Å². The van der Waals surface area contributed by atoms with Gasteiger partial charge in [0.2, 0.25) is 6.41 Å². The molecule has 0 saturated carbocycles. The largest absolute Gasteiger partial charge is 0.372 e. The van der Waals surface area contributed by atoms with Crippen LogP contribution in [-0.2, 0) is 4.79 Å². The van der Waals surface area contributed by atoms with E-state index in [-0.39, 0.29) is 12.3 Å². The molecule has 27 heavy (non-hydrogen) atoms. The van der Waals surface area contributed by atoms with Gasteiger partial charge in [-0.15, -0.1) is 0 Å². The molecule has 1 fully saturated rings. The number of aliphatic imine (C=N–C) groups is 1. The average Bonchev–Trinajstić information content (AvgIpc) is 3.14. The smallest absolute Gasteiger partial charge is 0.253 e. The van der Waals surface area contributed by atoms with Crippen molar-refractivity contribution in [3.05, 3.63) is 35.4 Å². The second kappa shape index (κ2) is 10.7. The molecule has 1 saturated heterocycles. The topological polar surface area (TPSA) is 75.8 Å². The highest BCUT2D eigenvalue weighted by Crippen LogP contribution is 2.30. The number of allylic oxidation sites excluding steroid dienone is 1. The maximum atomic E-state index is 12.7. The predicted molar refractivity (Wildman–Crippen MR) is 111 cm³/mol. The Hall–Kier alpha value is -2.43. The SMILES string of the molecule is CCCC1=Nc2cc(C(=O)N3CCCC3)ccc2C=CC1CCC.NC=O. The molecule has 0 aliphatic carbocycles. The van der Waals surface area contributed by atoms with Crippen LogP contribution in [0.1, 0.15) is 68.3 Å². The van der Waals surface area contributed by atoms with Crippen molar-refractivity contribution >= 4 is 29.8 Å². The van der Waals surface area contributed by atoms with Crippen LogP contribution in [0.5, 0.6) is 0 Å². The number of nitrogens with two attached hydrogens (primary N) is 1. The van der Waals surface area contributed by atoms with Crippen molar-refractivity contribution in [2.75, 3.05) is 13.1 Å². The van der Waals surface area contributed by atoms with E-state index >= 15 is 0 Å². The van der Waals surface area contributed by atoms with Crippen molar-refractivity contribution in [2.24, 2.45) is 16.6 Å². The molecule has 0 bridgehead atoms. The molecule has 2 aliphatic heterocycles. The molecular weight excluding hydrogens is 338 g/mol. The number of hydrogen-bond acceptors (Lipinski definition) is 3. The summed E-state index contributed by atoms with van der Waals surface area (Å²) in [4.78, 5) is 28.2. The molecule has 1 unspecified atom stereocenters. The van der Waals surface area contributed by atoms with Gasteiger partial charge in [0.05, 0.1) is 5.69 Å². The van der Waals surface area contributed by atoms with Crippen LogP contribution in [0.2, 0.25) is 0 Å². The first kappa shape index (κ1) is 20.9. The molecule has 2 N–H and O–H groups in total. The number of rotatable bonds is 5. The van der Waals surface area contributed by atoms with Gasteiger partial charge in [-0.1, -0.05) is 44.9 Å². The van der Waals surface area contributed by atoms with E-state index in [0.29, 0.717) is 5.92 Å². The highest BCUT2D eigenvalue weighted by atomic mass is 16.2. The highest BCUT2D eigenvalue weighted by Gasteiger charge is 2.21. The zero-order valence-electron chi connectivity index (χ0n) is 16.5. The van der Waals surface area contributed by atoms with Crippen LogP contribution in [-0.4, -0.2) is 36.0 Å². The van der Waals surface area contributed by atoms with Gasteiger partial charge in [0.15, 0.2) is 0 Å². The van der Waals surface area contributed by atoms with Gasteiger partial charge in [-0.3, -0.25) is 14.6 Å². The summed E-state index contributed by atoms with van der Waals surface area (Å²) < 4.78 is 0. The average molecular weight is 370 g/mol. The maximum Gasteiger partial charge on any atom is 0.253 e. The maximum absolute atomic E-state index is 12.7. The molecule has 2 aliphatic rings. The van der Waals surface area contributed by atoms with E-state index in [2.05, 4.69) is 37.8 Å². The van der Waals surface area contributed by atoms with E-state index < -0.39 is 0 Å². The third-order valence-corrected chi connectivity index (χ3v) is 4.98. The monoisotopic (exact) mass is 369 g/mol. The summed E-state index contributed by atoms with van der Waals surface area (Å²) >= 11 is 0. The number of primary amides is 1. The summed E-state index contributed by atoms with van der Waals surface area (Å²) in [6, 6.07) is 6.00. The first-order valence-electron chi connectivity index (χ1n) is 9.98. The number of carbonyl (C=O) groups excluding carboxylic acids is 2. The number of fused-ring (bicyclic) bond motifs is 1. The first-order valence-corrected chi connectivity index (χ1v) is 9.98. The molecule has 0 radical (unpaired) electrons. The van der Waals surface area contributed by atoms with Crippen molar-refractivity contribution in [3.63, 3.8) is 0 Å². The molecule has 1 aromatic carbocycles. The molecule has 0 spiro atoms. The minimum Gasteiger partial charge on any atom is -0.372 e. The summed E-state index contributed by atoms with van der Waals surface area (Å²) in [5, 5.41) is 0. The standard InChI is InChI=1S/C21H28N2O.CH3NO/c1-3-7-16-9-10-17-11-12-18(21(24)23-13-5-6-14-23)15-20(17)22-19(16)8-4-2;2-1-3/h9-12,15-16H,3-8,13-14H2,1-2H3;1H,(H2,2,3). The predicted octanol–water partition coefficient (Wildman–Crippen LogP) is 4.34. The molecule has 5 nitrogen and oxygen atoms in total. The second-order valence-electron chi connectivity index (χ2n) is 7.02. The number of likely N-dealkylation sites (tertiary alicyclic amines) is 1. The number of amides is 2. The third kappa shape index (κ3) is 5.52. The number of carbonyl (C=O) groups is 2. The Kier molecular flexibility index (Phi) is 8.24. The fourth-order valence-electron chi connectivity index (χ4n) is 3.66. The molecular formula is C22H31N3O2. The van der Waals surface area contributed by atoms with Crippen LogP contribution in [0.3, 0.4) is 0 Å². The van der Waals surface area contributed by atoms with E-state index in [4.69, 9.17) is 9.79 Å². The fourth-order valence-corrected chi connectivity index (χ4v) is 3.66. The quantitative estimate of drug-likeness (QED) is 0.784. The van der Waals surface area contributed by atoms with Crippen LogP contribution in [0.25, 0.3) is 6.08 Å². The van der Waals surface area contributed by atoms with E-state index in [1.54, 1.807) is 0 Å². The van der Waals surface area contributed by atoms with Crippen LogP contribution < -0.4 is 5.73 Å². The lowest BCUT2D eigenvalue weighted by molar-refractivity contribution is -0.106. The van der Waals surface area contributed by atoms with E-state index in [0.717, 1.165) is 68.4 Å². The summed E-state index contributed by atoms with van der Waals surface area (Å²) in [5.41, 5.74) is 8.29. The van der Waals surface area contributed by atoms with Crippen molar-refractivity contribution in [1.82, 2.24) is 4.90 Å². The number of nitrogens with zero attached hydrogens (tertiary/aromatic N) is 2. The molecule has 0 aromatic heterocycles. The van der Waals surface area contributed by atoms with Gasteiger partial charge in [-0.05, 0) is 43.4 Å². The molecule has 5 heteroatoms. The lowest BCUT2D eigenvalue weighted by atomic mass is 9.94.